The largest absolute Gasteiger partial charge is 0.416 e. The monoisotopic (exact) mass is 461 g/mol. The summed E-state index contributed by atoms with van der Waals surface area (Å²) in [6.45, 7) is 2.41. The quantitative estimate of drug-likeness (QED) is 0.758. The summed E-state index contributed by atoms with van der Waals surface area (Å²) in [6.07, 6.45) is -4.01. The van der Waals surface area contributed by atoms with Gasteiger partial charge < -0.3 is 19.9 Å². The molecule has 0 saturated carbocycles. The fourth-order valence-electron chi connectivity index (χ4n) is 4.38. The summed E-state index contributed by atoms with van der Waals surface area (Å²) >= 11 is 0. The van der Waals surface area contributed by atoms with Gasteiger partial charge in [-0.2, -0.15) is 13.2 Å². The van der Waals surface area contributed by atoms with Gasteiger partial charge >= 0.3 is 12.2 Å². The SMILES string of the molecule is O=C(NC1CC(c2cccc(C(F)(F)F)c2)CN(C(=O)N2CCOCC2)C1)c1ccccc1. The first-order valence-corrected chi connectivity index (χ1v) is 11.0. The lowest BCUT2D eigenvalue weighted by Crippen LogP contribution is -2.56. The van der Waals surface area contributed by atoms with E-state index in [1.54, 1.807) is 40.1 Å². The number of nitrogens with zero attached hydrogens (tertiary/aromatic N) is 2. The van der Waals surface area contributed by atoms with E-state index in [0.717, 1.165) is 12.1 Å². The molecule has 2 aliphatic rings. The van der Waals surface area contributed by atoms with Crippen molar-refractivity contribution in [1.29, 1.82) is 0 Å². The molecule has 4 rings (SSSR count). The molecule has 9 heteroatoms. The Labute approximate surface area is 190 Å². The lowest BCUT2D eigenvalue weighted by Gasteiger charge is -2.41. The predicted molar refractivity (Wildman–Crippen MR) is 116 cm³/mol. The Balaban J connectivity index is 1.56. The van der Waals surface area contributed by atoms with Crippen molar-refractivity contribution in [2.24, 2.45) is 0 Å². The highest BCUT2D eigenvalue weighted by Crippen LogP contribution is 2.34. The van der Waals surface area contributed by atoms with Gasteiger partial charge in [-0.25, -0.2) is 4.79 Å². The molecule has 2 aliphatic heterocycles. The summed E-state index contributed by atoms with van der Waals surface area (Å²) in [5, 5.41) is 2.97. The maximum absolute atomic E-state index is 13.3. The maximum Gasteiger partial charge on any atom is 0.416 e. The minimum Gasteiger partial charge on any atom is -0.378 e. The molecule has 2 heterocycles. The third-order valence-electron chi connectivity index (χ3n) is 6.06. The van der Waals surface area contributed by atoms with Crippen molar-refractivity contribution in [2.45, 2.75) is 24.6 Å². The smallest absolute Gasteiger partial charge is 0.378 e. The van der Waals surface area contributed by atoms with Crippen LogP contribution >= 0.6 is 0 Å². The average molecular weight is 461 g/mol. The number of alkyl halides is 3. The van der Waals surface area contributed by atoms with E-state index in [0.29, 0.717) is 50.4 Å². The Bertz CT molecular complexity index is 978. The third kappa shape index (κ3) is 5.65. The summed E-state index contributed by atoms with van der Waals surface area (Å²) in [5.41, 5.74) is 0.273. The number of benzene rings is 2. The predicted octanol–water partition coefficient (Wildman–Crippen LogP) is 3.75. The van der Waals surface area contributed by atoms with Crippen LogP contribution in [-0.4, -0.2) is 67.2 Å². The number of rotatable bonds is 3. The molecule has 0 radical (unpaired) electrons. The number of carbonyl (C=O) groups is 2. The number of hydrogen-bond donors (Lipinski definition) is 1. The first kappa shape index (κ1) is 23.1. The number of ether oxygens (including phenoxy) is 1. The van der Waals surface area contributed by atoms with Gasteiger partial charge in [0.25, 0.3) is 5.91 Å². The van der Waals surface area contributed by atoms with Gasteiger partial charge in [0.05, 0.1) is 18.8 Å². The van der Waals surface area contributed by atoms with Gasteiger partial charge in [0, 0.05) is 43.7 Å². The van der Waals surface area contributed by atoms with Gasteiger partial charge in [-0.3, -0.25) is 4.79 Å². The number of urea groups is 1. The van der Waals surface area contributed by atoms with Crippen molar-refractivity contribution in [3.05, 3.63) is 71.3 Å². The summed E-state index contributed by atoms with van der Waals surface area (Å²) < 4.78 is 45.2. The molecular formula is C24H26F3N3O3. The third-order valence-corrected chi connectivity index (χ3v) is 6.06. The zero-order valence-electron chi connectivity index (χ0n) is 18.1. The highest BCUT2D eigenvalue weighted by atomic mass is 19.4. The Kier molecular flexibility index (Phi) is 6.88. The first-order valence-electron chi connectivity index (χ1n) is 11.0. The highest BCUT2D eigenvalue weighted by molar-refractivity contribution is 5.94. The standard InChI is InChI=1S/C24H26F3N3O3/c25-24(26,27)20-8-4-7-18(13-20)19-14-21(28-22(31)17-5-2-1-3-6-17)16-30(15-19)23(32)29-9-11-33-12-10-29/h1-8,13,19,21H,9-12,14-16H2,(H,28,31). The zero-order valence-corrected chi connectivity index (χ0v) is 18.1. The van der Waals surface area contributed by atoms with Gasteiger partial charge in [0.15, 0.2) is 0 Å². The lowest BCUT2D eigenvalue weighted by atomic mass is 9.87. The minimum absolute atomic E-state index is 0.186. The van der Waals surface area contributed by atoms with Crippen LogP contribution in [0.25, 0.3) is 0 Å². The van der Waals surface area contributed by atoms with Crippen molar-refractivity contribution in [3.63, 3.8) is 0 Å². The van der Waals surface area contributed by atoms with Crippen LogP contribution in [0, 0.1) is 0 Å². The van der Waals surface area contributed by atoms with E-state index < -0.39 is 17.8 Å². The molecule has 1 N–H and O–H groups in total. The molecule has 2 fully saturated rings. The number of nitrogens with one attached hydrogen (secondary N) is 1. The number of carbonyl (C=O) groups excluding carboxylic acids is 2. The van der Waals surface area contributed by atoms with Crippen LogP contribution < -0.4 is 5.32 Å². The molecular weight excluding hydrogens is 435 g/mol. The van der Waals surface area contributed by atoms with Crippen LogP contribution in [0.2, 0.25) is 0 Å². The maximum atomic E-state index is 13.3. The lowest BCUT2D eigenvalue weighted by molar-refractivity contribution is -0.137. The number of morpholine rings is 1. The summed E-state index contributed by atoms with van der Waals surface area (Å²) in [6, 6.07) is 13.4. The normalized spacial score (nSPS) is 21.5. The second-order valence-electron chi connectivity index (χ2n) is 8.38. The number of halogens is 3. The van der Waals surface area contributed by atoms with Crippen molar-refractivity contribution in [1.82, 2.24) is 15.1 Å². The molecule has 176 valence electrons. The van der Waals surface area contributed by atoms with E-state index in [9.17, 15) is 22.8 Å². The molecule has 2 atom stereocenters. The first-order chi connectivity index (χ1) is 15.8. The molecule has 0 spiro atoms. The highest BCUT2D eigenvalue weighted by Gasteiger charge is 2.36. The number of piperidine rings is 1. The van der Waals surface area contributed by atoms with Crippen LogP contribution in [0.5, 0.6) is 0 Å². The van der Waals surface area contributed by atoms with E-state index in [2.05, 4.69) is 5.32 Å². The van der Waals surface area contributed by atoms with Gasteiger partial charge in [0.2, 0.25) is 0 Å². The summed E-state index contributed by atoms with van der Waals surface area (Å²) in [4.78, 5) is 29.2. The van der Waals surface area contributed by atoms with E-state index in [1.165, 1.54) is 6.07 Å². The van der Waals surface area contributed by atoms with Crippen molar-refractivity contribution < 1.29 is 27.5 Å². The number of hydrogen-bond acceptors (Lipinski definition) is 3. The van der Waals surface area contributed by atoms with Crippen LogP contribution in [0.3, 0.4) is 0 Å². The Morgan fingerprint density at radius 3 is 2.36 bits per heavy atom. The van der Waals surface area contributed by atoms with Gasteiger partial charge in [0.1, 0.15) is 0 Å². The van der Waals surface area contributed by atoms with Gasteiger partial charge in [-0.05, 0) is 30.2 Å². The van der Waals surface area contributed by atoms with Crippen molar-refractivity contribution >= 4 is 11.9 Å². The number of likely N-dealkylation sites (tertiary alicyclic amines) is 1. The minimum atomic E-state index is -4.45. The molecule has 3 amide bonds. The Hall–Kier alpha value is -3.07. The second-order valence-corrected chi connectivity index (χ2v) is 8.38. The molecule has 0 bridgehead atoms. The van der Waals surface area contributed by atoms with Crippen molar-refractivity contribution in [3.8, 4) is 0 Å². The molecule has 2 saturated heterocycles. The molecule has 0 aromatic heterocycles. The molecule has 2 aromatic carbocycles. The van der Waals surface area contributed by atoms with Gasteiger partial charge in [-0.15, -0.1) is 0 Å². The zero-order chi connectivity index (χ0) is 23.4. The van der Waals surface area contributed by atoms with Crippen LogP contribution in [0.1, 0.15) is 33.8 Å². The van der Waals surface area contributed by atoms with E-state index in [4.69, 9.17) is 4.74 Å². The molecule has 6 nitrogen and oxygen atoms in total. The average Bonchev–Trinajstić information content (AvgIpc) is 2.84. The molecule has 2 aromatic rings. The van der Waals surface area contributed by atoms with Crippen LogP contribution in [-0.2, 0) is 10.9 Å². The summed E-state index contributed by atoms with van der Waals surface area (Å²) in [5.74, 6) is -0.615. The van der Waals surface area contributed by atoms with E-state index in [1.807, 2.05) is 6.07 Å². The summed E-state index contributed by atoms with van der Waals surface area (Å²) in [7, 11) is 0. The number of amides is 3. The van der Waals surface area contributed by atoms with Crippen LogP contribution in [0.4, 0.5) is 18.0 Å². The molecule has 33 heavy (non-hydrogen) atoms. The van der Waals surface area contributed by atoms with E-state index in [-0.39, 0.29) is 24.4 Å². The fourth-order valence-corrected chi connectivity index (χ4v) is 4.38. The van der Waals surface area contributed by atoms with Gasteiger partial charge in [-0.1, -0.05) is 36.4 Å². The van der Waals surface area contributed by atoms with Crippen molar-refractivity contribution in [2.75, 3.05) is 39.4 Å². The molecule has 0 aliphatic carbocycles. The topological polar surface area (TPSA) is 61.9 Å². The molecule has 2 unspecified atom stereocenters. The van der Waals surface area contributed by atoms with E-state index >= 15 is 0 Å². The van der Waals surface area contributed by atoms with Crippen LogP contribution in [0.15, 0.2) is 54.6 Å². The Morgan fingerprint density at radius 1 is 0.939 bits per heavy atom. The Morgan fingerprint density at radius 2 is 1.67 bits per heavy atom. The fraction of sp³-hybridized carbons (Fsp3) is 0.417. The second kappa shape index (κ2) is 9.82.